The summed E-state index contributed by atoms with van der Waals surface area (Å²) in [6, 6.07) is 8.78. The van der Waals surface area contributed by atoms with E-state index in [9.17, 15) is 18.0 Å². The van der Waals surface area contributed by atoms with E-state index in [1.165, 1.54) is 10.6 Å². The van der Waals surface area contributed by atoms with E-state index in [4.69, 9.17) is 0 Å². The number of para-hydroxylation sites is 1. The van der Waals surface area contributed by atoms with Crippen molar-refractivity contribution >= 4 is 27.5 Å². The van der Waals surface area contributed by atoms with Crippen LogP contribution in [0, 0.1) is 11.3 Å². The summed E-state index contributed by atoms with van der Waals surface area (Å²) >= 11 is 0. The van der Waals surface area contributed by atoms with Gasteiger partial charge in [0.05, 0.1) is 11.7 Å². The van der Waals surface area contributed by atoms with Crippen molar-refractivity contribution in [2.45, 2.75) is 45.6 Å². The van der Waals surface area contributed by atoms with Gasteiger partial charge in [-0.3, -0.25) is 9.59 Å². The molecular formula is C21H31N3O4S. The average Bonchev–Trinajstić information content (AvgIpc) is 2.92. The first kappa shape index (κ1) is 21.8. The molecule has 1 aromatic rings. The zero-order valence-corrected chi connectivity index (χ0v) is 18.2. The smallest absolute Gasteiger partial charge is 0.232 e. The van der Waals surface area contributed by atoms with Crippen molar-refractivity contribution < 1.29 is 18.0 Å². The molecule has 2 atom stereocenters. The highest BCUT2D eigenvalue weighted by molar-refractivity contribution is 7.88. The largest absolute Gasteiger partial charge is 0.343 e. The lowest BCUT2D eigenvalue weighted by Gasteiger charge is -2.34. The fourth-order valence-electron chi connectivity index (χ4n) is 4.62. The standard InChI is InChI=1S/C21H31N3O4S/c1-16(2)15-19(25)23-12-9-18-21(10-13-23,11-14-24(18)29(3,27)28)20(26)22-17-7-5-4-6-8-17/h4-8,16,18H,9-15H2,1-3H3,(H,22,26)/t18-,21+/m1/s1. The number of sulfonamides is 1. The number of carbonyl (C=O) groups excluding carboxylic acids is 2. The molecule has 160 valence electrons. The maximum atomic E-state index is 13.4. The van der Waals surface area contributed by atoms with Crippen LogP contribution in [0.4, 0.5) is 5.69 Å². The fraction of sp³-hybridized carbons (Fsp3) is 0.619. The van der Waals surface area contributed by atoms with Crippen LogP contribution in [0.2, 0.25) is 0 Å². The van der Waals surface area contributed by atoms with Gasteiger partial charge in [0.15, 0.2) is 0 Å². The molecule has 2 aliphatic rings. The van der Waals surface area contributed by atoms with Crippen molar-refractivity contribution in [3.05, 3.63) is 30.3 Å². The molecule has 1 aromatic carbocycles. The van der Waals surface area contributed by atoms with E-state index in [1.54, 1.807) is 4.90 Å². The minimum Gasteiger partial charge on any atom is -0.343 e. The third-order valence-corrected chi connectivity index (χ3v) is 7.40. The van der Waals surface area contributed by atoms with Gasteiger partial charge in [0.2, 0.25) is 21.8 Å². The van der Waals surface area contributed by atoms with E-state index in [1.807, 2.05) is 44.2 Å². The van der Waals surface area contributed by atoms with Gasteiger partial charge in [-0.05, 0) is 37.3 Å². The van der Waals surface area contributed by atoms with Crippen molar-refractivity contribution in [2.24, 2.45) is 11.3 Å². The van der Waals surface area contributed by atoms with Crippen LogP contribution in [0.25, 0.3) is 0 Å². The number of fused-ring (bicyclic) bond motifs is 1. The number of rotatable bonds is 5. The van der Waals surface area contributed by atoms with Gasteiger partial charge in [0, 0.05) is 37.8 Å². The van der Waals surface area contributed by atoms with Crippen molar-refractivity contribution in [1.29, 1.82) is 0 Å². The Hall–Kier alpha value is -1.93. The highest BCUT2D eigenvalue weighted by Crippen LogP contribution is 2.45. The van der Waals surface area contributed by atoms with E-state index in [2.05, 4.69) is 5.32 Å². The molecule has 0 aromatic heterocycles. The molecular weight excluding hydrogens is 390 g/mol. The number of anilines is 1. The highest BCUT2D eigenvalue weighted by atomic mass is 32.2. The summed E-state index contributed by atoms with van der Waals surface area (Å²) in [5.74, 6) is 0.176. The Balaban J connectivity index is 1.88. The number of carbonyl (C=O) groups is 2. The van der Waals surface area contributed by atoms with Gasteiger partial charge < -0.3 is 10.2 Å². The second-order valence-electron chi connectivity index (χ2n) is 8.63. The molecule has 2 amide bonds. The summed E-state index contributed by atoms with van der Waals surface area (Å²) < 4.78 is 26.3. The maximum absolute atomic E-state index is 13.4. The van der Waals surface area contributed by atoms with Crippen LogP contribution in [0.5, 0.6) is 0 Å². The van der Waals surface area contributed by atoms with Crippen molar-refractivity contribution in [1.82, 2.24) is 9.21 Å². The van der Waals surface area contributed by atoms with Crippen LogP contribution in [0.3, 0.4) is 0 Å². The minimum absolute atomic E-state index is 0.0736. The SMILES string of the molecule is CC(C)CC(=O)N1CC[C@H]2N(S(C)(=O)=O)CC[C@@]2(C(=O)Nc2ccccc2)CC1. The summed E-state index contributed by atoms with van der Waals surface area (Å²) in [6.07, 6.45) is 3.06. The monoisotopic (exact) mass is 421 g/mol. The second-order valence-corrected chi connectivity index (χ2v) is 10.6. The molecule has 7 nitrogen and oxygen atoms in total. The van der Waals surface area contributed by atoms with Gasteiger partial charge in [-0.15, -0.1) is 0 Å². The predicted molar refractivity (Wildman–Crippen MR) is 113 cm³/mol. The normalized spacial score (nSPS) is 25.5. The molecule has 0 saturated carbocycles. The molecule has 8 heteroatoms. The van der Waals surface area contributed by atoms with Gasteiger partial charge in [0.25, 0.3) is 0 Å². The van der Waals surface area contributed by atoms with Crippen molar-refractivity contribution in [3.63, 3.8) is 0 Å². The summed E-state index contributed by atoms with van der Waals surface area (Å²) in [5, 5.41) is 2.99. The average molecular weight is 422 g/mol. The zero-order valence-electron chi connectivity index (χ0n) is 17.4. The highest BCUT2D eigenvalue weighted by Gasteiger charge is 2.55. The van der Waals surface area contributed by atoms with Gasteiger partial charge in [-0.1, -0.05) is 32.0 Å². The van der Waals surface area contributed by atoms with E-state index in [0.717, 1.165) is 0 Å². The zero-order chi connectivity index (χ0) is 21.2. The molecule has 2 heterocycles. The first-order chi connectivity index (χ1) is 13.6. The second kappa shape index (κ2) is 8.44. The Kier molecular flexibility index (Phi) is 6.33. The Morgan fingerprint density at radius 3 is 2.41 bits per heavy atom. The summed E-state index contributed by atoms with van der Waals surface area (Å²) in [6.45, 7) is 5.30. The predicted octanol–water partition coefficient (Wildman–Crippen LogP) is 2.31. The number of amides is 2. The lowest BCUT2D eigenvalue weighted by Crippen LogP contribution is -2.48. The first-order valence-corrected chi connectivity index (χ1v) is 12.1. The van der Waals surface area contributed by atoms with Crippen LogP contribution in [0.15, 0.2) is 30.3 Å². The Bertz CT molecular complexity index is 856. The number of hydrogen-bond donors (Lipinski definition) is 1. The summed E-state index contributed by atoms with van der Waals surface area (Å²) in [5.41, 5.74) is -0.133. The molecule has 0 spiro atoms. The van der Waals surface area contributed by atoms with Crippen LogP contribution < -0.4 is 5.32 Å². The first-order valence-electron chi connectivity index (χ1n) is 10.2. The van der Waals surface area contributed by atoms with Gasteiger partial charge in [0.1, 0.15) is 0 Å². The molecule has 2 fully saturated rings. The third-order valence-electron chi connectivity index (χ3n) is 6.11. The molecule has 2 aliphatic heterocycles. The summed E-state index contributed by atoms with van der Waals surface area (Å²) in [4.78, 5) is 27.8. The van der Waals surface area contributed by atoms with E-state index >= 15 is 0 Å². The van der Waals surface area contributed by atoms with Crippen LogP contribution in [0.1, 0.15) is 39.5 Å². The van der Waals surface area contributed by atoms with E-state index in [-0.39, 0.29) is 17.7 Å². The van der Waals surface area contributed by atoms with Crippen molar-refractivity contribution in [2.75, 3.05) is 31.2 Å². The molecule has 29 heavy (non-hydrogen) atoms. The Morgan fingerprint density at radius 1 is 1.14 bits per heavy atom. The molecule has 0 bridgehead atoms. The maximum Gasteiger partial charge on any atom is 0.232 e. The van der Waals surface area contributed by atoms with Gasteiger partial charge in [-0.25, -0.2) is 8.42 Å². The molecule has 3 rings (SSSR count). The number of nitrogens with zero attached hydrogens (tertiary/aromatic N) is 2. The van der Waals surface area contributed by atoms with Crippen LogP contribution in [-0.4, -0.2) is 61.4 Å². The topological polar surface area (TPSA) is 86.8 Å². The number of likely N-dealkylation sites (tertiary alicyclic amines) is 1. The van der Waals surface area contributed by atoms with Gasteiger partial charge >= 0.3 is 0 Å². The third kappa shape index (κ3) is 4.64. The Morgan fingerprint density at radius 2 is 1.79 bits per heavy atom. The fourth-order valence-corrected chi connectivity index (χ4v) is 5.82. The number of benzene rings is 1. The molecule has 0 aliphatic carbocycles. The van der Waals surface area contributed by atoms with Crippen LogP contribution >= 0.6 is 0 Å². The minimum atomic E-state index is -3.44. The lowest BCUT2D eigenvalue weighted by molar-refractivity contribution is -0.132. The molecule has 1 N–H and O–H groups in total. The Labute approximate surface area is 173 Å². The van der Waals surface area contributed by atoms with E-state index in [0.29, 0.717) is 51.0 Å². The molecule has 2 saturated heterocycles. The van der Waals surface area contributed by atoms with Gasteiger partial charge in [-0.2, -0.15) is 4.31 Å². The number of hydrogen-bond acceptors (Lipinski definition) is 4. The quantitative estimate of drug-likeness (QED) is 0.790. The molecule has 0 radical (unpaired) electrons. The van der Waals surface area contributed by atoms with Crippen molar-refractivity contribution in [3.8, 4) is 0 Å². The summed E-state index contributed by atoms with van der Waals surface area (Å²) in [7, 11) is -3.44. The molecule has 0 unspecified atom stereocenters. The number of nitrogens with one attached hydrogen (secondary N) is 1. The van der Waals surface area contributed by atoms with E-state index < -0.39 is 21.5 Å². The lowest BCUT2D eigenvalue weighted by atomic mass is 9.76. The van der Waals surface area contributed by atoms with Crippen LogP contribution in [-0.2, 0) is 19.6 Å².